The van der Waals surface area contributed by atoms with Crippen molar-refractivity contribution in [3.63, 3.8) is 0 Å². The van der Waals surface area contributed by atoms with Gasteiger partial charge in [0.2, 0.25) is 11.8 Å². The number of halogens is 2. The number of nitrogens with zero attached hydrogens (tertiary/aromatic N) is 5. The number of amides is 3. The number of likely N-dealkylation sites (N-methyl/N-ethyl adjacent to an activating group) is 1. The lowest BCUT2D eigenvalue weighted by molar-refractivity contribution is -0.122. The summed E-state index contributed by atoms with van der Waals surface area (Å²) in [7, 11) is 3.26. The molecule has 46 heavy (non-hydrogen) atoms. The molecule has 5 aromatic rings. The smallest absolute Gasteiger partial charge is 0.275 e. The van der Waals surface area contributed by atoms with Crippen LogP contribution in [0.25, 0.3) is 17.0 Å². The van der Waals surface area contributed by atoms with Gasteiger partial charge in [0.15, 0.2) is 0 Å². The Balaban J connectivity index is 1.16. The molecule has 0 atom stereocenters. The van der Waals surface area contributed by atoms with Crippen molar-refractivity contribution in [1.82, 2.24) is 25.1 Å². The van der Waals surface area contributed by atoms with Crippen LogP contribution >= 0.6 is 23.2 Å². The summed E-state index contributed by atoms with van der Waals surface area (Å²) in [6.45, 7) is 1.68. The number of para-hydroxylation sites is 1. The van der Waals surface area contributed by atoms with Gasteiger partial charge in [-0.1, -0.05) is 47.5 Å². The van der Waals surface area contributed by atoms with E-state index < -0.39 is 17.7 Å². The van der Waals surface area contributed by atoms with Gasteiger partial charge in [0, 0.05) is 54.1 Å². The molecule has 0 aliphatic rings. The molecule has 0 unspecified atom stereocenters. The van der Waals surface area contributed by atoms with E-state index in [-0.39, 0.29) is 23.9 Å². The Morgan fingerprint density at radius 2 is 1.87 bits per heavy atom. The number of aromatic nitrogens is 4. The number of aryl methyl sites for hydroxylation is 2. The van der Waals surface area contributed by atoms with E-state index >= 15 is 0 Å². The van der Waals surface area contributed by atoms with Crippen molar-refractivity contribution in [2.24, 2.45) is 7.05 Å². The van der Waals surface area contributed by atoms with Crippen LogP contribution in [0.2, 0.25) is 10.0 Å². The summed E-state index contributed by atoms with van der Waals surface area (Å²) < 4.78 is 7.60. The van der Waals surface area contributed by atoms with Crippen LogP contribution in [-0.2, 0) is 23.2 Å². The Kier molecular flexibility index (Phi) is 9.94. The first-order chi connectivity index (χ1) is 22.1. The normalized spacial score (nSPS) is 11.1. The second-order valence-corrected chi connectivity index (χ2v) is 11.0. The maximum atomic E-state index is 13.0. The van der Waals surface area contributed by atoms with Gasteiger partial charge in [-0.25, -0.2) is 4.98 Å². The van der Waals surface area contributed by atoms with Crippen LogP contribution in [0.4, 0.5) is 11.5 Å². The van der Waals surface area contributed by atoms with Gasteiger partial charge in [0.05, 0.1) is 23.5 Å². The minimum absolute atomic E-state index is 0.0503. The number of pyridine rings is 2. The number of hydrogen-bond donors (Lipinski definition) is 2. The third-order valence-corrected chi connectivity index (χ3v) is 7.79. The van der Waals surface area contributed by atoms with Gasteiger partial charge >= 0.3 is 0 Å². The molecule has 234 valence electrons. The van der Waals surface area contributed by atoms with Gasteiger partial charge in [-0.3, -0.25) is 24.0 Å². The molecule has 0 aliphatic heterocycles. The maximum absolute atomic E-state index is 13.0. The van der Waals surface area contributed by atoms with Crippen LogP contribution in [0, 0.1) is 6.92 Å². The van der Waals surface area contributed by atoms with Crippen LogP contribution in [-0.4, -0.2) is 51.1 Å². The van der Waals surface area contributed by atoms with Crippen LogP contribution in [0.15, 0.2) is 79.1 Å². The van der Waals surface area contributed by atoms with Gasteiger partial charge in [0.25, 0.3) is 5.91 Å². The summed E-state index contributed by atoms with van der Waals surface area (Å²) in [5, 5.41) is 10.9. The fourth-order valence-electron chi connectivity index (χ4n) is 4.42. The molecule has 0 aliphatic carbocycles. The lowest BCUT2D eigenvalue weighted by atomic mass is 10.1. The molecule has 2 aromatic carbocycles. The number of hydrogen-bond acceptors (Lipinski definition) is 7. The molecule has 13 heteroatoms. The molecular formula is C33H29Cl2N7O4. The molecular weight excluding hydrogens is 629 g/mol. The highest BCUT2D eigenvalue weighted by Gasteiger charge is 2.19. The number of carbonyl (C=O) groups excluding carboxylic acids is 3. The number of benzene rings is 2. The highest BCUT2D eigenvalue weighted by Crippen LogP contribution is 2.35. The third kappa shape index (κ3) is 7.51. The minimum Gasteiger partial charge on any atom is -0.487 e. The van der Waals surface area contributed by atoms with Gasteiger partial charge in [-0.2, -0.15) is 5.10 Å². The van der Waals surface area contributed by atoms with Crippen molar-refractivity contribution < 1.29 is 19.1 Å². The first-order valence-corrected chi connectivity index (χ1v) is 14.8. The maximum Gasteiger partial charge on any atom is 0.275 e. The minimum atomic E-state index is -0.491. The number of anilines is 2. The van der Waals surface area contributed by atoms with Crippen molar-refractivity contribution in [3.05, 3.63) is 112 Å². The van der Waals surface area contributed by atoms with E-state index in [1.807, 2.05) is 37.3 Å². The molecule has 3 heterocycles. The molecule has 0 fully saturated rings. The molecule has 0 bridgehead atoms. The number of nitrogens with one attached hydrogen (secondary N) is 2. The summed E-state index contributed by atoms with van der Waals surface area (Å²) in [5.74, 6) is -0.175. The molecule has 2 N–H and O–H groups in total. The Hall–Kier alpha value is -5.26. The van der Waals surface area contributed by atoms with Gasteiger partial charge in [-0.05, 0) is 48.9 Å². The van der Waals surface area contributed by atoms with Gasteiger partial charge < -0.3 is 20.3 Å². The van der Waals surface area contributed by atoms with E-state index in [1.165, 1.54) is 34.0 Å². The molecule has 5 rings (SSSR count). The Morgan fingerprint density at radius 1 is 1.04 bits per heavy atom. The topological polar surface area (TPSA) is 131 Å². The van der Waals surface area contributed by atoms with Crippen molar-refractivity contribution in [2.75, 3.05) is 23.8 Å². The predicted molar refractivity (Wildman–Crippen MR) is 178 cm³/mol. The Bertz CT molecular complexity index is 1960. The van der Waals surface area contributed by atoms with Crippen molar-refractivity contribution in [2.45, 2.75) is 13.5 Å². The molecule has 0 spiro atoms. The van der Waals surface area contributed by atoms with Crippen molar-refractivity contribution in [1.29, 1.82) is 0 Å². The third-order valence-electron chi connectivity index (χ3n) is 7.02. The average Bonchev–Trinajstić information content (AvgIpc) is 3.46. The summed E-state index contributed by atoms with van der Waals surface area (Å²) in [4.78, 5) is 47.9. The summed E-state index contributed by atoms with van der Waals surface area (Å²) >= 11 is 13.2. The van der Waals surface area contributed by atoms with E-state index in [0.717, 1.165) is 16.6 Å². The lowest BCUT2D eigenvalue weighted by Crippen LogP contribution is -2.37. The number of fused-ring (bicyclic) bond motifs is 1. The van der Waals surface area contributed by atoms with Crippen LogP contribution in [0.5, 0.6) is 5.75 Å². The first-order valence-electron chi connectivity index (χ1n) is 14.0. The zero-order valence-corrected chi connectivity index (χ0v) is 26.6. The van der Waals surface area contributed by atoms with Crippen LogP contribution < -0.4 is 20.3 Å². The molecule has 0 saturated carbocycles. The number of rotatable bonds is 10. The van der Waals surface area contributed by atoms with E-state index in [9.17, 15) is 14.4 Å². The van der Waals surface area contributed by atoms with E-state index in [0.29, 0.717) is 33.4 Å². The molecule has 0 radical (unpaired) electrons. The van der Waals surface area contributed by atoms with E-state index in [2.05, 4.69) is 25.7 Å². The number of carbonyl (C=O) groups is 3. The molecule has 3 amide bonds. The van der Waals surface area contributed by atoms with E-state index in [1.54, 1.807) is 44.6 Å². The van der Waals surface area contributed by atoms with Crippen LogP contribution in [0.3, 0.4) is 0 Å². The second-order valence-electron chi connectivity index (χ2n) is 10.2. The monoisotopic (exact) mass is 657 g/mol. The standard InChI is InChI=1S/C33H29Cl2N7O4/c1-20-7-10-22-5-4-6-27(32(22)39-20)46-19-23-24(34)11-13-26(31(23)35)41(2)30(44)18-37-29(43)14-9-21-8-12-25(36-17-21)33(45)40-28-15-16-38-42(28)3/h4-17H,18-19H2,1-3H3,(H,37,43)(H,40,45)/b14-9+. The zero-order valence-electron chi connectivity index (χ0n) is 25.1. The summed E-state index contributed by atoms with van der Waals surface area (Å²) in [5.41, 5.74) is 3.29. The highest BCUT2D eigenvalue weighted by molar-refractivity contribution is 6.38. The fourth-order valence-corrected chi connectivity index (χ4v) is 5.03. The fraction of sp³-hybridized carbons (Fsp3) is 0.152. The SMILES string of the molecule is Cc1ccc2cccc(OCc3c(Cl)ccc(N(C)C(=O)CNC(=O)/C=C/c4ccc(C(=O)Nc5ccnn5C)nc4)c3Cl)c2n1. The van der Waals surface area contributed by atoms with Crippen molar-refractivity contribution in [3.8, 4) is 5.75 Å². The number of ether oxygens (including phenoxy) is 1. The lowest BCUT2D eigenvalue weighted by Gasteiger charge is -2.21. The van der Waals surface area contributed by atoms with Crippen LogP contribution in [0.1, 0.15) is 27.3 Å². The average molecular weight is 659 g/mol. The molecule has 3 aromatic heterocycles. The Labute approximate surface area is 274 Å². The summed E-state index contributed by atoms with van der Waals surface area (Å²) in [6.07, 6.45) is 5.82. The predicted octanol–water partition coefficient (Wildman–Crippen LogP) is 5.60. The van der Waals surface area contributed by atoms with Gasteiger partial charge in [-0.15, -0.1) is 0 Å². The quantitative estimate of drug-likeness (QED) is 0.187. The van der Waals surface area contributed by atoms with Crippen molar-refractivity contribution >= 4 is 69.4 Å². The highest BCUT2D eigenvalue weighted by atomic mass is 35.5. The largest absolute Gasteiger partial charge is 0.487 e. The molecule has 11 nitrogen and oxygen atoms in total. The Morgan fingerprint density at radius 3 is 2.61 bits per heavy atom. The zero-order chi connectivity index (χ0) is 32.8. The first kappa shape index (κ1) is 32.1. The van der Waals surface area contributed by atoms with E-state index in [4.69, 9.17) is 27.9 Å². The van der Waals surface area contributed by atoms with Gasteiger partial charge in [0.1, 0.15) is 29.4 Å². The second kappa shape index (κ2) is 14.2. The summed E-state index contributed by atoms with van der Waals surface area (Å²) in [6, 6.07) is 17.7. The molecule has 0 saturated heterocycles.